The smallest absolute Gasteiger partial charge is 0.336 e. The molecule has 0 bridgehead atoms. The second-order valence-corrected chi connectivity index (χ2v) is 7.67. The fourth-order valence-corrected chi connectivity index (χ4v) is 4.58. The zero-order valence-electron chi connectivity index (χ0n) is 16.6. The van der Waals surface area contributed by atoms with Crippen molar-refractivity contribution in [3.05, 3.63) is 41.0 Å². The average molecular weight is 370 g/mol. The van der Waals surface area contributed by atoms with E-state index in [2.05, 4.69) is 11.4 Å². The molecular formula is C23H31NO3. The third-order valence-corrected chi connectivity index (χ3v) is 5.82. The normalized spacial score (nSPS) is 20.1. The van der Waals surface area contributed by atoms with Crippen LogP contribution in [-0.2, 0) is 20.7 Å². The van der Waals surface area contributed by atoms with E-state index in [1.54, 1.807) is 0 Å². The Kier molecular flexibility index (Phi) is 6.70. The topological polar surface area (TPSA) is 55.4 Å². The summed E-state index contributed by atoms with van der Waals surface area (Å²) >= 11 is 0. The molecular weight excluding hydrogens is 338 g/mol. The second kappa shape index (κ2) is 9.20. The first kappa shape index (κ1) is 19.7. The molecule has 27 heavy (non-hydrogen) atoms. The number of amides is 1. The van der Waals surface area contributed by atoms with Crippen LogP contribution < -0.4 is 5.32 Å². The van der Waals surface area contributed by atoms with Crippen LogP contribution in [0, 0.1) is 11.8 Å². The maximum atomic E-state index is 13.0. The summed E-state index contributed by atoms with van der Waals surface area (Å²) in [6.07, 6.45) is 8.09. The summed E-state index contributed by atoms with van der Waals surface area (Å²) in [5.74, 6) is 0.295. The number of carbonyl (C=O) groups excluding carboxylic acids is 2. The Morgan fingerprint density at radius 3 is 2.56 bits per heavy atom. The lowest BCUT2D eigenvalue weighted by Gasteiger charge is -2.36. The molecule has 1 aromatic carbocycles. The highest BCUT2D eigenvalue weighted by Gasteiger charge is 2.37. The Bertz CT molecular complexity index is 716. The van der Waals surface area contributed by atoms with Gasteiger partial charge in [0, 0.05) is 17.9 Å². The van der Waals surface area contributed by atoms with Gasteiger partial charge in [0.25, 0.3) is 0 Å². The van der Waals surface area contributed by atoms with Gasteiger partial charge in [-0.15, -0.1) is 0 Å². The van der Waals surface area contributed by atoms with E-state index in [0.717, 1.165) is 31.2 Å². The molecule has 1 fully saturated rings. The first-order chi connectivity index (χ1) is 13.2. The molecule has 1 N–H and O–H groups in total. The molecule has 2 aliphatic rings. The van der Waals surface area contributed by atoms with Crippen molar-refractivity contribution in [2.75, 3.05) is 6.61 Å². The monoisotopic (exact) mass is 369 g/mol. The first-order valence-electron chi connectivity index (χ1n) is 10.4. The zero-order valence-corrected chi connectivity index (χ0v) is 16.6. The zero-order chi connectivity index (χ0) is 19.2. The van der Waals surface area contributed by atoms with E-state index in [-0.39, 0.29) is 17.8 Å². The summed E-state index contributed by atoms with van der Waals surface area (Å²) in [6.45, 7) is 4.16. The maximum Gasteiger partial charge on any atom is 0.336 e. The Hall–Kier alpha value is -2.10. The molecule has 0 aliphatic heterocycles. The summed E-state index contributed by atoms with van der Waals surface area (Å²) in [6, 6.07) is 8.14. The Morgan fingerprint density at radius 2 is 1.85 bits per heavy atom. The summed E-state index contributed by atoms with van der Waals surface area (Å²) < 4.78 is 5.44. The van der Waals surface area contributed by atoms with Crippen molar-refractivity contribution in [1.29, 1.82) is 0 Å². The number of fused-ring (bicyclic) bond motifs is 1. The van der Waals surface area contributed by atoms with Crippen LogP contribution in [0.25, 0.3) is 5.70 Å². The Labute approximate surface area is 162 Å². The highest BCUT2D eigenvalue weighted by Crippen LogP contribution is 2.42. The number of benzene rings is 1. The van der Waals surface area contributed by atoms with Crippen molar-refractivity contribution in [3.63, 3.8) is 0 Å². The summed E-state index contributed by atoms with van der Waals surface area (Å²) in [7, 11) is 0. The van der Waals surface area contributed by atoms with E-state index in [9.17, 15) is 9.59 Å². The van der Waals surface area contributed by atoms with E-state index in [0.29, 0.717) is 30.2 Å². The fourth-order valence-electron chi connectivity index (χ4n) is 4.58. The quantitative estimate of drug-likeness (QED) is 0.744. The molecule has 0 radical (unpaired) electrons. The Balaban J connectivity index is 2.07. The molecule has 1 unspecified atom stereocenters. The van der Waals surface area contributed by atoms with Crippen LogP contribution in [0.3, 0.4) is 0 Å². The number of esters is 1. The van der Waals surface area contributed by atoms with Gasteiger partial charge in [-0.05, 0) is 44.1 Å². The van der Waals surface area contributed by atoms with Gasteiger partial charge in [-0.2, -0.15) is 0 Å². The van der Waals surface area contributed by atoms with Crippen LogP contribution in [0.1, 0.15) is 69.9 Å². The fraction of sp³-hybridized carbons (Fsp3) is 0.565. The van der Waals surface area contributed by atoms with Gasteiger partial charge in [0.1, 0.15) is 0 Å². The molecule has 3 rings (SSSR count). The van der Waals surface area contributed by atoms with Crippen molar-refractivity contribution in [2.24, 2.45) is 11.8 Å². The lowest BCUT2D eigenvalue weighted by atomic mass is 9.70. The van der Waals surface area contributed by atoms with E-state index in [1.165, 1.54) is 24.8 Å². The minimum atomic E-state index is -0.269. The third-order valence-electron chi connectivity index (χ3n) is 5.82. The summed E-state index contributed by atoms with van der Waals surface area (Å²) in [5, 5.41) is 3.07. The van der Waals surface area contributed by atoms with Crippen LogP contribution in [0.15, 0.2) is 29.8 Å². The largest absolute Gasteiger partial charge is 0.463 e. The predicted octanol–water partition coefficient (Wildman–Crippen LogP) is 4.63. The summed E-state index contributed by atoms with van der Waals surface area (Å²) in [4.78, 5) is 25.4. The molecule has 1 amide bonds. The van der Waals surface area contributed by atoms with Crippen LogP contribution in [0.5, 0.6) is 0 Å². The summed E-state index contributed by atoms with van der Waals surface area (Å²) in [5.41, 5.74) is 3.56. The molecule has 0 aromatic heterocycles. The molecule has 4 nitrogen and oxygen atoms in total. The number of ether oxygens (including phenoxy) is 1. The molecule has 1 atom stereocenters. The maximum absolute atomic E-state index is 13.0. The van der Waals surface area contributed by atoms with E-state index in [4.69, 9.17) is 4.74 Å². The molecule has 0 saturated heterocycles. The van der Waals surface area contributed by atoms with Crippen LogP contribution in [-0.4, -0.2) is 18.5 Å². The second-order valence-electron chi connectivity index (χ2n) is 7.67. The highest BCUT2D eigenvalue weighted by molar-refractivity contribution is 6.02. The van der Waals surface area contributed by atoms with Gasteiger partial charge in [-0.25, -0.2) is 4.79 Å². The van der Waals surface area contributed by atoms with Gasteiger partial charge in [-0.3, -0.25) is 4.79 Å². The number of hydrogen-bond acceptors (Lipinski definition) is 3. The van der Waals surface area contributed by atoms with Crippen molar-refractivity contribution in [1.82, 2.24) is 5.32 Å². The van der Waals surface area contributed by atoms with Crippen LogP contribution in [0.2, 0.25) is 0 Å². The van der Waals surface area contributed by atoms with Crippen molar-refractivity contribution in [3.8, 4) is 0 Å². The number of hydrogen-bond donors (Lipinski definition) is 1. The molecule has 2 aliphatic carbocycles. The van der Waals surface area contributed by atoms with Gasteiger partial charge in [0.05, 0.1) is 17.9 Å². The highest BCUT2D eigenvalue weighted by atomic mass is 16.5. The van der Waals surface area contributed by atoms with Gasteiger partial charge in [0.2, 0.25) is 5.91 Å². The van der Waals surface area contributed by atoms with Gasteiger partial charge in [-0.1, -0.05) is 50.5 Å². The molecule has 146 valence electrons. The van der Waals surface area contributed by atoms with E-state index in [1.807, 2.05) is 32.0 Å². The number of nitrogens with one attached hydrogen (secondary N) is 1. The first-order valence-corrected chi connectivity index (χ1v) is 10.4. The predicted molar refractivity (Wildman–Crippen MR) is 107 cm³/mol. The van der Waals surface area contributed by atoms with Gasteiger partial charge >= 0.3 is 5.97 Å². The van der Waals surface area contributed by atoms with E-state index >= 15 is 0 Å². The lowest BCUT2D eigenvalue weighted by molar-refractivity contribution is -0.139. The molecule has 1 aromatic rings. The lowest BCUT2D eigenvalue weighted by Crippen LogP contribution is -2.35. The molecule has 1 saturated carbocycles. The third kappa shape index (κ3) is 4.42. The van der Waals surface area contributed by atoms with Crippen molar-refractivity contribution >= 4 is 17.6 Å². The standard InChI is InChI=1S/C23H31NO3/c1-3-10-20(25)24-22-18-14-9-8-13-17(18)15-19(16-11-6-5-7-12-16)21(22)23(26)27-4-2/h8-9,13-14,16,19H,3-7,10-12,15H2,1-2H3,(H,24,25). The van der Waals surface area contributed by atoms with Crippen LogP contribution >= 0.6 is 0 Å². The van der Waals surface area contributed by atoms with Crippen LogP contribution in [0.4, 0.5) is 0 Å². The SMILES string of the molecule is CCCC(=O)NC1=C(C(=O)OCC)C(C2CCCCC2)Cc2ccccc21. The number of rotatable bonds is 6. The van der Waals surface area contributed by atoms with Crippen molar-refractivity contribution < 1.29 is 14.3 Å². The average Bonchev–Trinajstić information content (AvgIpc) is 2.68. The number of carbonyl (C=O) groups is 2. The minimum absolute atomic E-state index is 0.0339. The minimum Gasteiger partial charge on any atom is -0.463 e. The van der Waals surface area contributed by atoms with E-state index < -0.39 is 0 Å². The van der Waals surface area contributed by atoms with Gasteiger partial charge < -0.3 is 10.1 Å². The molecule has 0 heterocycles. The Morgan fingerprint density at radius 1 is 1.11 bits per heavy atom. The van der Waals surface area contributed by atoms with Crippen molar-refractivity contribution in [2.45, 2.75) is 65.2 Å². The van der Waals surface area contributed by atoms with Gasteiger partial charge in [0.15, 0.2) is 0 Å². The molecule has 4 heteroatoms. The molecule has 0 spiro atoms.